The first kappa shape index (κ1) is 23.3. The third-order valence-electron chi connectivity index (χ3n) is 5.94. The number of carbonyl (C=O) groups is 2. The minimum atomic E-state index is -0.287. The van der Waals surface area contributed by atoms with Crippen LogP contribution in [0, 0.1) is 5.92 Å². The third kappa shape index (κ3) is 6.34. The number of amides is 2. The maximum Gasteiger partial charge on any atom is 0.262 e. The lowest BCUT2D eigenvalue weighted by Gasteiger charge is -2.33. The van der Waals surface area contributed by atoms with Gasteiger partial charge in [-0.25, -0.2) is 0 Å². The van der Waals surface area contributed by atoms with Crippen LogP contribution in [0.25, 0.3) is 0 Å². The van der Waals surface area contributed by atoms with Crippen LogP contribution in [0.4, 0.5) is 11.4 Å². The van der Waals surface area contributed by atoms with Crippen LogP contribution in [0.1, 0.15) is 35.7 Å². The van der Waals surface area contributed by atoms with Crippen molar-refractivity contribution in [1.82, 2.24) is 10.3 Å². The molecular weight excluding hydrogens is 428 g/mol. The predicted molar refractivity (Wildman–Crippen MR) is 133 cm³/mol. The number of para-hydroxylation sites is 1. The SMILES string of the molecule is CC1CCN(c2ccc(NC(=O)COc3ccccc3)cc2C(=O)NCc2cccnc2)CC1. The van der Waals surface area contributed by atoms with Crippen molar-refractivity contribution in [2.75, 3.05) is 29.9 Å². The normalized spacial score (nSPS) is 13.9. The van der Waals surface area contributed by atoms with Gasteiger partial charge >= 0.3 is 0 Å². The van der Waals surface area contributed by atoms with E-state index >= 15 is 0 Å². The van der Waals surface area contributed by atoms with E-state index in [1.807, 2.05) is 42.5 Å². The average molecular weight is 459 g/mol. The largest absolute Gasteiger partial charge is 0.484 e. The molecule has 176 valence electrons. The van der Waals surface area contributed by atoms with E-state index in [0.29, 0.717) is 29.5 Å². The van der Waals surface area contributed by atoms with Crippen LogP contribution in [0.15, 0.2) is 73.1 Å². The van der Waals surface area contributed by atoms with E-state index in [0.717, 1.165) is 37.2 Å². The van der Waals surface area contributed by atoms with Crippen LogP contribution in [-0.4, -0.2) is 36.5 Å². The van der Waals surface area contributed by atoms with Crippen molar-refractivity contribution in [3.63, 3.8) is 0 Å². The van der Waals surface area contributed by atoms with Gasteiger partial charge in [0.05, 0.1) is 5.56 Å². The number of hydrogen-bond donors (Lipinski definition) is 2. The fourth-order valence-electron chi connectivity index (χ4n) is 3.96. The highest BCUT2D eigenvalue weighted by Gasteiger charge is 2.22. The van der Waals surface area contributed by atoms with Crippen LogP contribution >= 0.6 is 0 Å². The van der Waals surface area contributed by atoms with Crippen LogP contribution in [-0.2, 0) is 11.3 Å². The summed E-state index contributed by atoms with van der Waals surface area (Å²) in [7, 11) is 0. The molecule has 2 N–H and O–H groups in total. The lowest BCUT2D eigenvalue weighted by atomic mass is 9.97. The molecule has 0 spiro atoms. The number of pyridine rings is 1. The van der Waals surface area contributed by atoms with Crippen molar-refractivity contribution in [1.29, 1.82) is 0 Å². The molecule has 7 nitrogen and oxygen atoms in total. The second kappa shape index (κ2) is 11.3. The van der Waals surface area contributed by atoms with Crippen molar-refractivity contribution >= 4 is 23.2 Å². The van der Waals surface area contributed by atoms with Gasteiger partial charge in [0.1, 0.15) is 5.75 Å². The Hall–Kier alpha value is -3.87. The van der Waals surface area contributed by atoms with E-state index in [1.54, 1.807) is 30.6 Å². The fraction of sp³-hybridized carbons (Fsp3) is 0.296. The monoisotopic (exact) mass is 458 g/mol. The molecule has 2 amide bonds. The van der Waals surface area contributed by atoms with Gasteiger partial charge in [-0.15, -0.1) is 0 Å². The highest BCUT2D eigenvalue weighted by Crippen LogP contribution is 2.29. The van der Waals surface area contributed by atoms with E-state index in [9.17, 15) is 9.59 Å². The van der Waals surface area contributed by atoms with Gasteiger partial charge in [0.2, 0.25) is 0 Å². The minimum absolute atomic E-state index is 0.113. The number of ether oxygens (including phenoxy) is 1. The molecule has 1 aliphatic heterocycles. The maximum absolute atomic E-state index is 13.2. The summed E-state index contributed by atoms with van der Waals surface area (Å²) in [5.74, 6) is 0.837. The first-order valence-corrected chi connectivity index (χ1v) is 11.6. The zero-order valence-corrected chi connectivity index (χ0v) is 19.4. The molecule has 3 aromatic rings. The number of nitrogens with one attached hydrogen (secondary N) is 2. The van der Waals surface area contributed by atoms with E-state index in [4.69, 9.17) is 4.74 Å². The van der Waals surface area contributed by atoms with Crippen LogP contribution < -0.4 is 20.3 Å². The first-order chi connectivity index (χ1) is 16.6. The molecule has 4 rings (SSSR count). The Morgan fingerprint density at radius 3 is 2.59 bits per heavy atom. The van der Waals surface area contributed by atoms with Crippen molar-refractivity contribution in [2.45, 2.75) is 26.3 Å². The third-order valence-corrected chi connectivity index (χ3v) is 5.94. The molecule has 0 unspecified atom stereocenters. The average Bonchev–Trinajstić information content (AvgIpc) is 2.88. The number of hydrogen-bond acceptors (Lipinski definition) is 5. The van der Waals surface area contributed by atoms with Gasteiger partial charge < -0.3 is 20.3 Å². The Balaban J connectivity index is 1.48. The molecule has 1 fully saturated rings. The molecule has 2 heterocycles. The van der Waals surface area contributed by atoms with Crippen LogP contribution in [0.5, 0.6) is 5.75 Å². The molecule has 1 aromatic heterocycles. The van der Waals surface area contributed by atoms with Gasteiger partial charge in [-0.05, 0) is 60.7 Å². The lowest BCUT2D eigenvalue weighted by Crippen LogP contribution is -2.35. The number of aromatic nitrogens is 1. The molecule has 0 saturated carbocycles. The van der Waals surface area contributed by atoms with Crippen LogP contribution in [0.3, 0.4) is 0 Å². The van der Waals surface area contributed by atoms with Gasteiger partial charge in [-0.3, -0.25) is 14.6 Å². The van der Waals surface area contributed by atoms with Gasteiger partial charge in [0.25, 0.3) is 11.8 Å². The van der Waals surface area contributed by atoms with Gasteiger partial charge in [-0.1, -0.05) is 31.2 Å². The first-order valence-electron chi connectivity index (χ1n) is 11.6. The van der Waals surface area contributed by atoms with Crippen LogP contribution in [0.2, 0.25) is 0 Å². The molecule has 1 aliphatic rings. The Bertz CT molecular complexity index is 1100. The van der Waals surface area contributed by atoms with E-state index in [1.165, 1.54) is 0 Å². The van der Waals surface area contributed by atoms with Crippen molar-refractivity contribution < 1.29 is 14.3 Å². The fourth-order valence-corrected chi connectivity index (χ4v) is 3.96. The molecule has 7 heteroatoms. The summed E-state index contributed by atoms with van der Waals surface area (Å²) in [5, 5.41) is 5.83. The second-order valence-electron chi connectivity index (χ2n) is 8.60. The Morgan fingerprint density at radius 1 is 1.06 bits per heavy atom. The van der Waals surface area contributed by atoms with Gasteiger partial charge in [0, 0.05) is 43.4 Å². The summed E-state index contributed by atoms with van der Waals surface area (Å²) in [5.41, 5.74) is 2.91. The molecule has 0 radical (unpaired) electrons. The summed E-state index contributed by atoms with van der Waals surface area (Å²) >= 11 is 0. The standard InChI is InChI=1S/C27H30N4O3/c1-20-11-14-31(15-12-20)25-10-9-22(30-26(32)19-34-23-7-3-2-4-8-23)16-24(25)27(33)29-18-21-6-5-13-28-17-21/h2-10,13,16-17,20H,11-12,14-15,18-19H2,1H3,(H,29,33)(H,30,32). The Kier molecular flexibility index (Phi) is 7.75. The minimum Gasteiger partial charge on any atom is -0.484 e. The molecule has 0 bridgehead atoms. The van der Waals surface area contributed by atoms with Crippen molar-refractivity contribution in [3.05, 3.63) is 84.2 Å². The second-order valence-corrected chi connectivity index (χ2v) is 8.60. The molecule has 34 heavy (non-hydrogen) atoms. The summed E-state index contributed by atoms with van der Waals surface area (Å²) < 4.78 is 5.53. The Morgan fingerprint density at radius 2 is 1.85 bits per heavy atom. The quantitative estimate of drug-likeness (QED) is 0.527. The summed E-state index contributed by atoms with van der Waals surface area (Å²) in [4.78, 5) is 32.0. The highest BCUT2D eigenvalue weighted by molar-refractivity contribution is 6.02. The topological polar surface area (TPSA) is 83.6 Å². The summed E-state index contributed by atoms with van der Waals surface area (Å²) in [6.45, 7) is 4.33. The zero-order valence-electron chi connectivity index (χ0n) is 19.4. The van der Waals surface area contributed by atoms with E-state index in [2.05, 4.69) is 27.4 Å². The summed E-state index contributed by atoms with van der Waals surface area (Å²) in [6.07, 6.45) is 5.61. The molecule has 2 aromatic carbocycles. The van der Waals surface area contributed by atoms with Gasteiger partial charge in [0.15, 0.2) is 6.61 Å². The molecular formula is C27H30N4O3. The molecule has 0 atom stereocenters. The number of benzene rings is 2. The zero-order chi connectivity index (χ0) is 23.8. The van der Waals surface area contributed by atoms with E-state index < -0.39 is 0 Å². The molecule has 0 aliphatic carbocycles. The van der Waals surface area contributed by atoms with Crippen molar-refractivity contribution in [2.24, 2.45) is 5.92 Å². The van der Waals surface area contributed by atoms with Crippen molar-refractivity contribution in [3.8, 4) is 5.75 Å². The number of rotatable bonds is 8. The van der Waals surface area contributed by atoms with E-state index in [-0.39, 0.29) is 18.4 Å². The summed E-state index contributed by atoms with van der Waals surface area (Å²) in [6, 6.07) is 18.4. The number of carbonyl (C=O) groups excluding carboxylic acids is 2. The van der Waals surface area contributed by atoms with Gasteiger partial charge in [-0.2, -0.15) is 0 Å². The smallest absolute Gasteiger partial charge is 0.262 e. The number of nitrogens with zero attached hydrogens (tertiary/aromatic N) is 2. The number of piperidine rings is 1. The Labute approximate surface area is 200 Å². The highest BCUT2D eigenvalue weighted by atomic mass is 16.5. The maximum atomic E-state index is 13.2. The lowest BCUT2D eigenvalue weighted by molar-refractivity contribution is -0.118. The molecule has 1 saturated heterocycles. The predicted octanol–water partition coefficient (Wildman–Crippen LogP) is 4.27. The number of anilines is 2.